The van der Waals surface area contributed by atoms with E-state index in [1.165, 1.54) is 0 Å². The first-order valence-corrected chi connectivity index (χ1v) is 6.44. The van der Waals surface area contributed by atoms with Gasteiger partial charge < -0.3 is 0 Å². The first-order valence-electron chi connectivity index (χ1n) is 5.65. The van der Waals surface area contributed by atoms with Crippen LogP contribution in [-0.2, 0) is 10.3 Å². The fourth-order valence-corrected chi connectivity index (χ4v) is 2.82. The summed E-state index contributed by atoms with van der Waals surface area (Å²) in [6.07, 6.45) is 5.00. The molecule has 0 amide bonds. The van der Waals surface area contributed by atoms with Crippen LogP contribution < -0.4 is 0 Å². The van der Waals surface area contributed by atoms with Gasteiger partial charge in [-0.1, -0.05) is 34.8 Å². The highest BCUT2D eigenvalue weighted by Crippen LogP contribution is 2.44. The SMILES string of the molecule is Cc1c(Br)ccc(C2(N=C=O)CCCC2)c1F. The first kappa shape index (κ1) is 12.5. The second-order valence-electron chi connectivity index (χ2n) is 4.48. The van der Waals surface area contributed by atoms with Crippen LogP contribution in [0.3, 0.4) is 0 Å². The quantitative estimate of drug-likeness (QED) is 0.599. The predicted octanol–water partition coefficient (Wildman–Crippen LogP) is 4.00. The number of rotatable bonds is 2. The molecule has 0 spiro atoms. The van der Waals surface area contributed by atoms with E-state index in [0.717, 1.165) is 30.2 Å². The van der Waals surface area contributed by atoms with Crippen molar-refractivity contribution in [3.8, 4) is 0 Å². The van der Waals surface area contributed by atoms with Crippen LogP contribution in [0, 0.1) is 12.7 Å². The van der Waals surface area contributed by atoms with Crippen molar-refractivity contribution in [1.82, 2.24) is 0 Å². The van der Waals surface area contributed by atoms with E-state index in [9.17, 15) is 9.18 Å². The van der Waals surface area contributed by atoms with Gasteiger partial charge in [0.05, 0.1) is 0 Å². The predicted molar refractivity (Wildman–Crippen MR) is 67.1 cm³/mol. The number of hydrogen-bond acceptors (Lipinski definition) is 2. The minimum atomic E-state index is -0.683. The Bertz CT molecular complexity index is 488. The van der Waals surface area contributed by atoms with Crippen LogP contribution >= 0.6 is 15.9 Å². The van der Waals surface area contributed by atoms with Crippen molar-refractivity contribution in [1.29, 1.82) is 0 Å². The molecule has 0 atom stereocenters. The van der Waals surface area contributed by atoms with Crippen LogP contribution in [0.1, 0.15) is 36.8 Å². The number of carbonyl (C=O) groups excluding carboxylic acids is 1. The Hall–Kier alpha value is -0.990. The van der Waals surface area contributed by atoms with Crippen molar-refractivity contribution in [2.75, 3.05) is 0 Å². The summed E-state index contributed by atoms with van der Waals surface area (Å²) in [7, 11) is 0. The van der Waals surface area contributed by atoms with E-state index in [2.05, 4.69) is 20.9 Å². The van der Waals surface area contributed by atoms with E-state index < -0.39 is 5.54 Å². The molecular weight excluding hydrogens is 285 g/mol. The molecule has 1 aliphatic carbocycles. The van der Waals surface area contributed by atoms with Gasteiger partial charge in [0.2, 0.25) is 6.08 Å². The Morgan fingerprint density at radius 3 is 2.65 bits per heavy atom. The molecule has 4 heteroatoms. The topological polar surface area (TPSA) is 29.4 Å². The number of aliphatic imine (C=N–C) groups is 1. The van der Waals surface area contributed by atoms with E-state index >= 15 is 0 Å². The minimum Gasteiger partial charge on any atom is -0.211 e. The summed E-state index contributed by atoms with van der Waals surface area (Å²) in [5, 5.41) is 0. The minimum absolute atomic E-state index is 0.264. The lowest BCUT2D eigenvalue weighted by Gasteiger charge is -2.24. The Balaban J connectivity index is 2.58. The van der Waals surface area contributed by atoms with Crippen LogP contribution in [0.4, 0.5) is 4.39 Å². The van der Waals surface area contributed by atoms with Gasteiger partial charge in [-0.05, 0) is 31.4 Å². The maximum Gasteiger partial charge on any atom is 0.235 e. The lowest BCUT2D eigenvalue weighted by molar-refractivity contribution is 0.429. The van der Waals surface area contributed by atoms with E-state index in [0.29, 0.717) is 11.1 Å². The molecule has 2 nitrogen and oxygen atoms in total. The summed E-state index contributed by atoms with van der Waals surface area (Å²) >= 11 is 3.30. The van der Waals surface area contributed by atoms with E-state index in [1.807, 2.05) is 6.07 Å². The molecule has 0 heterocycles. The molecule has 0 aromatic heterocycles. The molecule has 0 saturated heterocycles. The highest BCUT2D eigenvalue weighted by molar-refractivity contribution is 9.10. The standard InChI is InChI=1S/C13H13BrFNO/c1-9-11(14)5-4-10(12(9)15)13(16-8-17)6-2-3-7-13/h4-5H,2-3,6-7H2,1H3. The Labute approximate surface area is 108 Å². The van der Waals surface area contributed by atoms with Crippen molar-refractivity contribution >= 4 is 22.0 Å². The monoisotopic (exact) mass is 297 g/mol. The lowest BCUT2D eigenvalue weighted by atomic mass is 9.87. The summed E-state index contributed by atoms with van der Waals surface area (Å²) in [6, 6.07) is 3.53. The molecule has 1 fully saturated rings. The fraction of sp³-hybridized carbons (Fsp3) is 0.462. The van der Waals surface area contributed by atoms with Gasteiger partial charge in [-0.25, -0.2) is 9.18 Å². The summed E-state index contributed by atoms with van der Waals surface area (Å²) in [6.45, 7) is 1.72. The molecule has 1 aliphatic rings. The first-order chi connectivity index (χ1) is 8.10. The van der Waals surface area contributed by atoms with E-state index in [-0.39, 0.29) is 5.82 Å². The molecule has 0 unspecified atom stereocenters. The van der Waals surface area contributed by atoms with E-state index in [1.54, 1.807) is 19.1 Å². The largest absolute Gasteiger partial charge is 0.235 e. The van der Waals surface area contributed by atoms with Crippen molar-refractivity contribution in [3.05, 3.63) is 33.5 Å². The molecule has 0 N–H and O–H groups in total. The molecule has 1 saturated carbocycles. The molecule has 1 aromatic carbocycles. The maximum absolute atomic E-state index is 14.3. The van der Waals surface area contributed by atoms with Gasteiger partial charge in [0, 0.05) is 10.0 Å². The Kier molecular flexibility index (Phi) is 3.45. The molecule has 90 valence electrons. The molecule has 17 heavy (non-hydrogen) atoms. The van der Waals surface area contributed by atoms with Crippen molar-refractivity contribution in [2.45, 2.75) is 38.1 Å². The lowest BCUT2D eigenvalue weighted by Crippen LogP contribution is -2.21. The summed E-state index contributed by atoms with van der Waals surface area (Å²) in [5.41, 5.74) is 0.408. The van der Waals surface area contributed by atoms with Crippen molar-refractivity contribution < 1.29 is 9.18 Å². The molecule has 0 bridgehead atoms. The third kappa shape index (κ3) is 2.07. The average Bonchev–Trinajstić information content (AvgIpc) is 2.76. The Morgan fingerprint density at radius 2 is 2.06 bits per heavy atom. The molecular formula is C13H13BrFNO. The summed E-state index contributed by atoms with van der Waals surface area (Å²) < 4.78 is 15.0. The van der Waals surface area contributed by atoms with Crippen LogP contribution in [0.5, 0.6) is 0 Å². The van der Waals surface area contributed by atoms with Crippen LogP contribution in [0.15, 0.2) is 21.6 Å². The highest BCUT2D eigenvalue weighted by atomic mass is 79.9. The van der Waals surface area contributed by atoms with E-state index in [4.69, 9.17) is 0 Å². The van der Waals surface area contributed by atoms with Gasteiger partial charge in [-0.3, -0.25) is 0 Å². The molecule has 2 rings (SSSR count). The average molecular weight is 298 g/mol. The number of halogens is 2. The zero-order valence-corrected chi connectivity index (χ0v) is 11.2. The zero-order valence-electron chi connectivity index (χ0n) is 9.59. The van der Waals surface area contributed by atoms with Gasteiger partial charge in [-0.2, -0.15) is 4.99 Å². The van der Waals surface area contributed by atoms with Gasteiger partial charge in [-0.15, -0.1) is 0 Å². The summed E-state index contributed by atoms with van der Waals surface area (Å²) in [5.74, 6) is -0.264. The van der Waals surface area contributed by atoms with Gasteiger partial charge in [0.1, 0.15) is 11.4 Å². The van der Waals surface area contributed by atoms with Crippen LogP contribution in [0.2, 0.25) is 0 Å². The van der Waals surface area contributed by atoms with Crippen LogP contribution in [-0.4, -0.2) is 6.08 Å². The van der Waals surface area contributed by atoms with Crippen LogP contribution in [0.25, 0.3) is 0 Å². The zero-order chi connectivity index (χ0) is 12.5. The highest BCUT2D eigenvalue weighted by Gasteiger charge is 2.38. The smallest absolute Gasteiger partial charge is 0.211 e. The number of nitrogens with zero attached hydrogens (tertiary/aromatic N) is 1. The van der Waals surface area contributed by atoms with Crippen molar-refractivity contribution in [3.63, 3.8) is 0 Å². The van der Waals surface area contributed by atoms with Gasteiger partial charge >= 0.3 is 0 Å². The fourth-order valence-electron chi connectivity index (χ4n) is 2.51. The Morgan fingerprint density at radius 1 is 1.41 bits per heavy atom. The second-order valence-corrected chi connectivity index (χ2v) is 5.33. The molecule has 1 aromatic rings. The normalized spacial score (nSPS) is 17.8. The van der Waals surface area contributed by atoms with Gasteiger partial charge in [0.25, 0.3) is 0 Å². The molecule has 0 radical (unpaired) electrons. The third-order valence-corrected chi connectivity index (χ3v) is 4.37. The number of hydrogen-bond donors (Lipinski definition) is 0. The maximum atomic E-state index is 14.3. The van der Waals surface area contributed by atoms with Crippen molar-refractivity contribution in [2.24, 2.45) is 4.99 Å². The van der Waals surface area contributed by atoms with Gasteiger partial charge in [0.15, 0.2) is 0 Å². The second kappa shape index (κ2) is 4.71. The number of isocyanates is 1. The molecule has 0 aliphatic heterocycles. The summed E-state index contributed by atoms with van der Waals surface area (Å²) in [4.78, 5) is 14.5. The third-order valence-electron chi connectivity index (χ3n) is 3.51. The number of benzene rings is 1.